The van der Waals surface area contributed by atoms with E-state index in [0.717, 1.165) is 38.2 Å². The Bertz CT molecular complexity index is 440. The van der Waals surface area contributed by atoms with Crippen molar-refractivity contribution in [2.45, 2.75) is 12.5 Å². The first-order valence-corrected chi connectivity index (χ1v) is 6.65. The highest BCUT2D eigenvalue weighted by Gasteiger charge is 2.21. The molecule has 1 aromatic rings. The van der Waals surface area contributed by atoms with Crippen molar-refractivity contribution in [2.75, 3.05) is 33.3 Å². The molecule has 0 unspecified atom stereocenters. The number of halogens is 3. The summed E-state index contributed by atoms with van der Waals surface area (Å²) in [5, 5.41) is 3.33. The molecule has 0 radical (unpaired) electrons. The van der Waals surface area contributed by atoms with Gasteiger partial charge in [0.2, 0.25) is 0 Å². The molecule has 0 saturated carbocycles. The molecule has 1 aliphatic rings. The van der Waals surface area contributed by atoms with Crippen molar-refractivity contribution in [3.63, 3.8) is 0 Å². The second-order valence-corrected chi connectivity index (χ2v) is 4.72. The molecule has 21 heavy (non-hydrogen) atoms. The molecule has 2 rings (SSSR count). The van der Waals surface area contributed by atoms with Crippen LogP contribution in [0.3, 0.4) is 0 Å². The van der Waals surface area contributed by atoms with Gasteiger partial charge in [0, 0.05) is 32.2 Å². The Hall–Kier alpha value is -0.810. The number of nitrogens with zero attached hydrogens (tertiary/aromatic N) is 1. The maximum atomic E-state index is 13.8. The van der Waals surface area contributed by atoms with Gasteiger partial charge in [0.25, 0.3) is 0 Å². The van der Waals surface area contributed by atoms with Gasteiger partial charge in [-0.2, -0.15) is 0 Å². The van der Waals surface area contributed by atoms with E-state index in [1.54, 1.807) is 12.1 Å². The number of rotatable bonds is 5. The summed E-state index contributed by atoms with van der Waals surface area (Å²) in [6.45, 7) is 7.73. The smallest absolute Gasteiger partial charge is 0.165 e. The first kappa shape index (κ1) is 20.2. The Morgan fingerprint density at radius 3 is 2.57 bits per heavy atom. The maximum Gasteiger partial charge on any atom is 0.165 e. The average molecular weight is 337 g/mol. The lowest BCUT2D eigenvalue weighted by Crippen LogP contribution is -2.45. The van der Waals surface area contributed by atoms with Gasteiger partial charge in [-0.05, 0) is 24.1 Å². The van der Waals surface area contributed by atoms with Crippen molar-refractivity contribution in [1.82, 2.24) is 10.2 Å². The Kier molecular flexibility index (Phi) is 9.62. The second-order valence-electron chi connectivity index (χ2n) is 4.72. The molecule has 120 valence electrons. The van der Waals surface area contributed by atoms with E-state index in [0.29, 0.717) is 5.75 Å². The number of benzene rings is 1. The molecular formula is C15H23Cl2FN2O. The highest BCUT2D eigenvalue weighted by molar-refractivity contribution is 5.85. The van der Waals surface area contributed by atoms with Gasteiger partial charge in [0.05, 0.1) is 7.11 Å². The van der Waals surface area contributed by atoms with Crippen LogP contribution in [0.15, 0.2) is 30.9 Å². The lowest BCUT2D eigenvalue weighted by atomic mass is 10.0. The fourth-order valence-corrected chi connectivity index (χ4v) is 2.54. The zero-order valence-electron chi connectivity index (χ0n) is 12.2. The normalized spacial score (nSPS) is 16.3. The molecule has 0 amide bonds. The van der Waals surface area contributed by atoms with E-state index >= 15 is 0 Å². The number of nitrogens with one attached hydrogen (secondary N) is 1. The molecule has 6 heteroatoms. The molecule has 0 bridgehead atoms. The van der Waals surface area contributed by atoms with Gasteiger partial charge in [0.15, 0.2) is 11.6 Å². The van der Waals surface area contributed by atoms with Gasteiger partial charge in [-0.1, -0.05) is 12.1 Å². The molecule has 1 heterocycles. The Labute approximate surface area is 138 Å². The molecule has 3 nitrogen and oxygen atoms in total. The van der Waals surface area contributed by atoms with Crippen LogP contribution in [0.5, 0.6) is 5.75 Å². The Morgan fingerprint density at radius 2 is 2.05 bits per heavy atom. The van der Waals surface area contributed by atoms with Crippen LogP contribution in [-0.4, -0.2) is 38.2 Å². The zero-order chi connectivity index (χ0) is 13.7. The topological polar surface area (TPSA) is 24.5 Å². The van der Waals surface area contributed by atoms with E-state index < -0.39 is 0 Å². The van der Waals surface area contributed by atoms with Crippen molar-refractivity contribution < 1.29 is 9.13 Å². The van der Waals surface area contributed by atoms with E-state index in [4.69, 9.17) is 4.74 Å². The fourth-order valence-electron chi connectivity index (χ4n) is 2.54. The maximum absolute atomic E-state index is 13.8. The summed E-state index contributed by atoms with van der Waals surface area (Å²) < 4.78 is 18.8. The summed E-state index contributed by atoms with van der Waals surface area (Å²) in [5.74, 6) is -0.00869. The number of piperazine rings is 1. The SMILES string of the molecule is C=CC[C@H](c1ccc(OC)c(F)c1)N1CCNCC1.Cl.Cl. The summed E-state index contributed by atoms with van der Waals surface area (Å²) in [4.78, 5) is 2.37. The number of hydrogen-bond donors (Lipinski definition) is 1. The Balaban J connectivity index is 0.00000200. The minimum absolute atomic E-state index is 0. The van der Waals surface area contributed by atoms with E-state index in [9.17, 15) is 4.39 Å². The molecule has 0 spiro atoms. The predicted molar refractivity (Wildman–Crippen MR) is 89.4 cm³/mol. The first-order chi connectivity index (χ1) is 9.26. The van der Waals surface area contributed by atoms with Gasteiger partial charge in [-0.25, -0.2) is 4.39 Å². The lowest BCUT2D eigenvalue weighted by molar-refractivity contribution is 0.174. The van der Waals surface area contributed by atoms with Crippen LogP contribution >= 0.6 is 24.8 Å². The minimum Gasteiger partial charge on any atom is -0.494 e. The highest BCUT2D eigenvalue weighted by atomic mass is 35.5. The molecule has 1 atom stereocenters. The van der Waals surface area contributed by atoms with Crippen molar-refractivity contribution in [3.8, 4) is 5.75 Å². The number of hydrogen-bond acceptors (Lipinski definition) is 3. The Morgan fingerprint density at radius 1 is 1.38 bits per heavy atom. The van der Waals surface area contributed by atoms with E-state index in [-0.39, 0.29) is 36.7 Å². The second kappa shape index (κ2) is 10.0. The molecule has 1 fully saturated rings. The third-order valence-corrected chi connectivity index (χ3v) is 3.54. The van der Waals surface area contributed by atoms with Crippen LogP contribution in [0.4, 0.5) is 4.39 Å². The van der Waals surface area contributed by atoms with Crippen molar-refractivity contribution >= 4 is 24.8 Å². The molecular weight excluding hydrogens is 314 g/mol. The van der Waals surface area contributed by atoms with E-state index in [1.165, 1.54) is 7.11 Å². The van der Waals surface area contributed by atoms with Crippen molar-refractivity contribution in [3.05, 3.63) is 42.2 Å². The van der Waals surface area contributed by atoms with Crippen LogP contribution in [0.1, 0.15) is 18.0 Å². The fraction of sp³-hybridized carbons (Fsp3) is 0.467. The quantitative estimate of drug-likeness (QED) is 0.835. The van der Waals surface area contributed by atoms with Gasteiger partial charge < -0.3 is 10.1 Å². The summed E-state index contributed by atoms with van der Waals surface area (Å²) in [5.41, 5.74) is 0.986. The van der Waals surface area contributed by atoms with Crippen molar-refractivity contribution in [2.24, 2.45) is 0 Å². The van der Waals surface area contributed by atoms with Crippen LogP contribution in [0, 0.1) is 5.82 Å². The van der Waals surface area contributed by atoms with Gasteiger partial charge in [0.1, 0.15) is 0 Å². The van der Waals surface area contributed by atoms with Gasteiger partial charge >= 0.3 is 0 Å². The lowest BCUT2D eigenvalue weighted by Gasteiger charge is -2.34. The molecule has 1 N–H and O–H groups in total. The largest absolute Gasteiger partial charge is 0.494 e. The summed E-state index contributed by atoms with van der Waals surface area (Å²) in [6, 6.07) is 5.41. The highest BCUT2D eigenvalue weighted by Crippen LogP contribution is 2.28. The van der Waals surface area contributed by atoms with Crippen molar-refractivity contribution in [1.29, 1.82) is 0 Å². The zero-order valence-corrected chi connectivity index (χ0v) is 13.8. The van der Waals surface area contributed by atoms with Crippen LogP contribution < -0.4 is 10.1 Å². The minimum atomic E-state index is -0.302. The molecule has 1 aromatic carbocycles. The molecule has 0 aromatic heterocycles. The van der Waals surface area contributed by atoms with Gasteiger partial charge in [-0.3, -0.25) is 4.90 Å². The third kappa shape index (κ3) is 5.15. The first-order valence-electron chi connectivity index (χ1n) is 6.65. The molecule has 1 saturated heterocycles. The van der Waals surface area contributed by atoms with Crippen LogP contribution in [-0.2, 0) is 0 Å². The van der Waals surface area contributed by atoms with E-state index in [1.807, 2.05) is 12.1 Å². The third-order valence-electron chi connectivity index (χ3n) is 3.54. The summed E-state index contributed by atoms with van der Waals surface area (Å²) in [7, 11) is 1.48. The average Bonchev–Trinajstić information content (AvgIpc) is 2.45. The standard InChI is InChI=1S/C15H21FN2O.2ClH/c1-3-4-14(18-9-7-17-8-10-18)12-5-6-15(19-2)13(16)11-12;;/h3,5-6,11,14,17H,1,4,7-10H2,2H3;2*1H/t14-;;/m1../s1. The predicted octanol–water partition coefficient (Wildman–Crippen LogP) is 3.20. The number of ether oxygens (including phenoxy) is 1. The monoisotopic (exact) mass is 336 g/mol. The molecule has 1 aliphatic heterocycles. The van der Waals surface area contributed by atoms with Crippen LogP contribution in [0.25, 0.3) is 0 Å². The number of methoxy groups -OCH3 is 1. The summed E-state index contributed by atoms with van der Waals surface area (Å²) in [6.07, 6.45) is 2.72. The van der Waals surface area contributed by atoms with E-state index in [2.05, 4.69) is 16.8 Å². The van der Waals surface area contributed by atoms with Gasteiger partial charge in [-0.15, -0.1) is 31.4 Å². The molecule has 0 aliphatic carbocycles. The summed E-state index contributed by atoms with van der Waals surface area (Å²) >= 11 is 0. The van der Waals surface area contributed by atoms with Crippen LogP contribution in [0.2, 0.25) is 0 Å².